The van der Waals surface area contributed by atoms with Gasteiger partial charge in [0.15, 0.2) is 0 Å². The highest BCUT2D eigenvalue weighted by Crippen LogP contribution is 2.46. The molecule has 82 valence electrons. The lowest BCUT2D eigenvalue weighted by atomic mass is 10.9. The van der Waals surface area contributed by atoms with E-state index in [1.165, 1.54) is 0 Å². The van der Waals surface area contributed by atoms with Gasteiger partial charge in [-0.15, -0.1) is 0 Å². The molecular weight excluding hydrogens is 195 g/mol. The Kier molecular flexibility index (Phi) is 12.1. The zero-order valence-electron chi connectivity index (χ0n) is 8.39. The van der Waals surface area contributed by atoms with Gasteiger partial charge in [0, 0.05) is 6.61 Å². The van der Waals surface area contributed by atoms with Crippen LogP contribution in [0, 0.1) is 0 Å². The van der Waals surface area contributed by atoms with Crippen molar-refractivity contribution < 1.29 is 23.8 Å². The Labute approximate surface area is 79.2 Å². The van der Waals surface area contributed by atoms with E-state index in [-0.39, 0.29) is 19.8 Å². The van der Waals surface area contributed by atoms with Crippen LogP contribution in [0.1, 0.15) is 20.8 Å². The summed E-state index contributed by atoms with van der Waals surface area (Å²) in [7, 11) is -3.14. The molecule has 0 aliphatic carbocycles. The number of aliphatic hydroxyl groups excluding tert-OH is 2. The summed E-state index contributed by atoms with van der Waals surface area (Å²) in [4.78, 5) is 0. The Balaban J connectivity index is 0. The Bertz CT molecular complexity index is 129. The van der Waals surface area contributed by atoms with Gasteiger partial charge in [0.2, 0.25) is 0 Å². The third kappa shape index (κ3) is 9.99. The Morgan fingerprint density at radius 3 is 1.54 bits per heavy atom. The summed E-state index contributed by atoms with van der Waals surface area (Å²) >= 11 is 0. The van der Waals surface area contributed by atoms with Crippen molar-refractivity contribution >= 4 is 7.60 Å². The van der Waals surface area contributed by atoms with E-state index in [0.717, 1.165) is 0 Å². The zero-order valence-corrected chi connectivity index (χ0v) is 9.29. The Morgan fingerprint density at radius 1 is 1.08 bits per heavy atom. The fourth-order valence-electron chi connectivity index (χ4n) is 0.512. The second kappa shape index (κ2) is 10.2. The molecule has 13 heavy (non-hydrogen) atoms. The molecule has 0 fully saturated rings. The number of hydrogen-bond donors (Lipinski definition) is 2. The van der Waals surface area contributed by atoms with Crippen LogP contribution in [-0.2, 0) is 13.6 Å². The highest BCUT2D eigenvalue weighted by atomic mass is 31.2. The molecule has 0 saturated carbocycles. The summed E-state index contributed by atoms with van der Waals surface area (Å²) in [6.07, 6.45) is -0.547. The molecule has 0 amide bonds. The number of aliphatic hydroxyl groups is 2. The van der Waals surface area contributed by atoms with Crippen LogP contribution in [0.15, 0.2) is 0 Å². The summed E-state index contributed by atoms with van der Waals surface area (Å²) in [5.41, 5.74) is 0. The van der Waals surface area contributed by atoms with E-state index in [4.69, 9.17) is 19.3 Å². The largest absolute Gasteiger partial charge is 0.397 e. The molecule has 2 N–H and O–H groups in total. The fourth-order valence-corrected chi connectivity index (χ4v) is 1.54. The van der Waals surface area contributed by atoms with Crippen molar-refractivity contribution in [3.05, 3.63) is 0 Å². The minimum absolute atomic E-state index is 0.250. The molecule has 0 aromatic carbocycles. The van der Waals surface area contributed by atoms with Gasteiger partial charge < -0.3 is 19.3 Å². The van der Waals surface area contributed by atoms with Crippen molar-refractivity contribution in [2.45, 2.75) is 20.8 Å². The van der Waals surface area contributed by atoms with Crippen molar-refractivity contribution in [1.82, 2.24) is 0 Å². The molecule has 0 aromatic rings. The van der Waals surface area contributed by atoms with Crippen LogP contribution in [0.4, 0.5) is 0 Å². The highest BCUT2D eigenvalue weighted by molar-refractivity contribution is 7.53. The van der Waals surface area contributed by atoms with E-state index in [2.05, 4.69) is 0 Å². The van der Waals surface area contributed by atoms with Gasteiger partial charge in [0.1, 0.15) is 6.35 Å². The molecule has 0 aliphatic rings. The maximum absolute atomic E-state index is 11.1. The monoisotopic (exact) mass is 214 g/mol. The van der Waals surface area contributed by atoms with Crippen LogP contribution < -0.4 is 0 Å². The molecule has 0 unspecified atom stereocenters. The predicted octanol–water partition coefficient (Wildman–Crippen LogP) is 1.20. The van der Waals surface area contributed by atoms with Gasteiger partial charge in [-0.2, -0.15) is 0 Å². The summed E-state index contributed by atoms with van der Waals surface area (Å²) in [6.45, 7) is 5.90. The van der Waals surface area contributed by atoms with E-state index in [1.807, 2.05) is 0 Å². The number of rotatable bonds is 5. The van der Waals surface area contributed by atoms with E-state index < -0.39 is 13.9 Å². The minimum Gasteiger partial charge on any atom is -0.397 e. The predicted molar refractivity (Wildman–Crippen MR) is 50.7 cm³/mol. The lowest BCUT2D eigenvalue weighted by Gasteiger charge is -2.12. The molecule has 5 nitrogen and oxygen atoms in total. The molecule has 0 aromatic heterocycles. The van der Waals surface area contributed by atoms with Gasteiger partial charge in [0.05, 0.1) is 13.2 Å². The van der Waals surface area contributed by atoms with E-state index in [0.29, 0.717) is 0 Å². The summed E-state index contributed by atoms with van der Waals surface area (Å²) in [5, 5.41) is 16.1. The average molecular weight is 214 g/mol. The molecule has 0 radical (unpaired) electrons. The Hall–Kier alpha value is 0.0700. The molecule has 0 rings (SSSR count). The smallest absolute Gasteiger partial charge is 0.355 e. The number of hydrogen-bond acceptors (Lipinski definition) is 5. The first kappa shape index (κ1) is 15.5. The molecule has 0 atom stereocenters. The molecule has 0 saturated heterocycles. The van der Waals surface area contributed by atoms with Crippen molar-refractivity contribution in [2.75, 3.05) is 26.2 Å². The summed E-state index contributed by atoms with van der Waals surface area (Å²) in [5.74, 6) is 0. The van der Waals surface area contributed by atoms with Crippen LogP contribution in [0.2, 0.25) is 0 Å². The molecule has 0 aliphatic heterocycles. The third-order valence-electron chi connectivity index (χ3n) is 0.825. The van der Waals surface area contributed by atoms with Gasteiger partial charge in [0.25, 0.3) is 0 Å². The van der Waals surface area contributed by atoms with Crippen LogP contribution in [0.25, 0.3) is 0 Å². The van der Waals surface area contributed by atoms with E-state index in [1.54, 1.807) is 20.8 Å². The summed E-state index contributed by atoms with van der Waals surface area (Å²) in [6, 6.07) is 0. The lowest BCUT2D eigenvalue weighted by molar-refractivity contribution is 0.191. The fraction of sp³-hybridized carbons (Fsp3) is 1.00. The Morgan fingerprint density at radius 2 is 1.38 bits per heavy atom. The van der Waals surface area contributed by atoms with Crippen LogP contribution in [-0.4, -0.2) is 36.4 Å². The minimum atomic E-state index is -3.14. The quantitative estimate of drug-likeness (QED) is 0.672. The van der Waals surface area contributed by atoms with Crippen molar-refractivity contribution in [2.24, 2.45) is 0 Å². The lowest BCUT2D eigenvalue weighted by Crippen LogP contribution is -1.98. The maximum Gasteiger partial charge on any atom is 0.355 e. The SMILES string of the molecule is CCO.CCOP(=O)(CO)OCC. The van der Waals surface area contributed by atoms with Gasteiger partial charge in [-0.25, -0.2) is 0 Å². The van der Waals surface area contributed by atoms with E-state index in [9.17, 15) is 4.57 Å². The normalized spacial score (nSPS) is 10.5. The van der Waals surface area contributed by atoms with Gasteiger partial charge >= 0.3 is 7.60 Å². The molecular formula is C7H19O5P. The van der Waals surface area contributed by atoms with Crippen LogP contribution >= 0.6 is 7.60 Å². The second-order valence-corrected chi connectivity index (χ2v) is 3.93. The topological polar surface area (TPSA) is 76.0 Å². The van der Waals surface area contributed by atoms with Crippen molar-refractivity contribution in [3.8, 4) is 0 Å². The molecule has 0 heterocycles. The van der Waals surface area contributed by atoms with Crippen molar-refractivity contribution in [1.29, 1.82) is 0 Å². The van der Waals surface area contributed by atoms with Crippen LogP contribution in [0.3, 0.4) is 0 Å². The first-order chi connectivity index (χ1) is 6.10. The van der Waals surface area contributed by atoms with Crippen molar-refractivity contribution in [3.63, 3.8) is 0 Å². The maximum atomic E-state index is 11.1. The first-order valence-corrected chi connectivity index (χ1v) is 5.92. The van der Waals surface area contributed by atoms with E-state index >= 15 is 0 Å². The zero-order chi connectivity index (χ0) is 10.7. The average Bonchev–Trinajstić information content (AvgIpc) is 2.07. The first-order valence-electron chi connectivity index (χ1n) is 4.20. The standard InChI is InChI=1S/C5H13O4P.C2H6O/c1-3-8-10(7,5-6)9-4-2;1-2-3/h6H,3-5H2,1-2H3;3H,2H2,1H3. The third-order valence-corrected chi connectivity index (χ3v) is 2.47. The summed E-state index contributed by atoms with van der Waals surface area (Å²) < 4.78 is 20.5. The molecule has 0 bridgehead atoms. The molecule has 6 heteroatoms. The highest BCUT2D eigenvalue weighted by Gasteiger charge is 2.20. The van der Waals surface area contributed by atoms with Gasteiger partial charge in [-0.3, -0.25) is 4.57 Å². The van der Waals surface area contributed by atoms with Gasteiger partial charge in [-0.05, 0) is 20.8 Å². The van der Waals surface area contributed by atoms with Gasteiger partial charge in [-0.1, -0.05) is 0 Å². The second-order valence-electron chi connectivity index (χ2n) is 1.90. The molecule has 0 spiro atoms. The van der Waals surface area contributed by atoms with Crippen LogP contribution in [0.5, 0.6) is 0 Å².